The number of hydrogen-bond donors (Lipinski definition) is 1. The Bertz CT molecular complexity index is 273. The number of hydrogen-bond acceptors (Lipinski definition) is 4. The van der Waals surface area contributed by atoms with Gasteiger partial charge in [-0.15, -0.1) is 11.8 Å². The lowest BCUT2D eigenvalue weighted by molar-refractivity contribution is -0.133. The van der Waals surface area contributed by atoms with Crippen LogP contribution < -0.4 is 0 Å². The van der Waals surface area contributed by atoms with Crippen LogP contribution in [-0.2, 0) is 9.59 Å². The van der Waals surface area contributed by atoms with Gasteiger partial charge in [-0.3, -0.25) is 9.59 Å². The van der Waals surface area contributed by atoms with Gasteiger partial charge in [-0.2, -0.15) is 0 Å². The molecule has 1 N–H and O–H groups in total. The van der Waals surface area contributed by atoms with E-state index in [4.69, 9.17) is 5.11 Å². The van der Waals surface area contributed by atoms with E-state index < -0.39 is 5.97 Å². The number of carboxylic acid groups (broad SMARTS) is 1. The summed E-state index contributed by atoms with van der Waals surface area (Å²) in [5, 5.41) is 8.46. The average Bonchev–Trinajstić information content (AvgIpc) is 2.21. The van der Waals surface area contributed by atoms with Crippen molar-refractivity contribution in [2.45, 2.75) is 13.0 Å². The van der Waals surface area contributed by atoms with Gasteiger partial charge in [0.1, 0.15) is 0 Å². The van der Waals surface area contributed by atoms with Gasteiger partial charge in [0.05, 0.1) is 11.5 Å². The van der Waals surface area contributed by atoms with Gasteiger partial charge in [-0.05, 0) is 14.0 Å². The van der Waals surface area contributed by atoms with Crippen molar-refractivity contribution in [3.8, 4) is 0 Å². The van der Waals surface area contributed by atoms with Gasteiger partial charge >= 0.3 is 5.97 Å². The van der Waals surface area contributed by atoms with Crippen molar-refractivity contribution in [1.82, 2.24) is 9.80 Å². The van der Waals surface area contributed by atoms with E-state index in [0.717, 1.165) is 31.4 Å². The second-order valence-corrected chi connectivity index (χ2v) is 5.04. The molecule has 0 radical (unpaired) electrons. The van der Waals surface area contributed by atoms with E-state index in [2.05, 4.69) is 11.8 Å². The number of piperazine rings is 1. The fraction of sp³-hybridized carbons (Fsp3) is 0.800. The third-order valence-electron chi connectivity index (χ3n) is 2.76. The molecule has 1 amide bonds. The first kappa shape index (κ1) is 13.3. The predicted octanol–water partition coefficient (Wildman–Crippen LogP) is -0.0333. The molecule has 0 bridgehead atoms. The molecule has 6 heteroatoms. The number of carboxylic acids is 1. The highest BCUT2D eigenvalue weighted by Gasteiger charge is 2.23. The molecular formula is C10H18N2O3S. The fourth-order valence-corrected chi connectivity index (χ4v) is 2.23. The standard InChI is InChI=1S/C10H18N2O3S/c1-8-5-12(4-3-11(8)2)9(13)6-16-7-10(14)15/h8H,3-7H2,1-2H3,(H,14,15). The smallest absolute Gasteiger partial charge is 0.313 e. The Morgan fingerprint density at radius 1 is 1.38 bits per heavy atom. The number of carbonyl (C=O) groups is 2. The number of rotatable bonds is 4. The highest BCUT2D eigenvalue weighted by Crippen LogP contribution is 2.09. The molecule has 1 unspecified atom stereocenters. The summed E-state index contributed by atoms with van der Waals surface area (Å²) in [6.07, 6.45) is 0. The molecule has 0 aromatic carbocycles. The van der Waals surface area contributed by atoms with E-state index in [1.165, 1.54) is 0 Å². The van der Waals surface area contributed by atoms with Crippen molar-refractivity contribution < 1.29 is 14.7 Å². The highest BCUT2D eigenvalue weighted by atomic mass is 32.2. The summed E-state index contributed by atoms with van der Waals surface area (Å²) in [5.41, 5.74) is 0. The Hall–Kier alpha value is -0.750. The quantitative estimate of drug-likeness (QED) is 0.754. The van der Waals surface area contributed by atoms with Crippen LogP contribution in [0.4, 0.5) is 0 Å². The molecule has 0 spiro atoms. The SMILES string of the molecule is CC1CN(C(=O)CSCC(=O)O)CCN1C. The zero-order valence-electron chi connectivity index (χ0n) is 9.68. The summed E-state index contributed by atoms with van der Waals surface area (Å²) in [4.78, 5) is 26.1. The molecule has 0 aromatic heterocycles. The fourth-order valence-electron chi connectivity index (χ4n) is 1.59. The Kier molecular flexibility index (Phi) is 5.08. The molecular weight excluding hydrogens is 228 g/mol. The maximum atomic E-state index is 11.7. The molecule has 5 nitrogen and oxygen atoms in total. The van der Waals surface area contributed by atoms with Gasteiger partial charge in [-0.1, -0.05) is 0 Å². The third-order valence-corrected chi connectivity index (χ3v) is 3.67. The van der Waals surface area contributed by atoms with Crippen molar-refractivity contribution >= 4 is 23.6 Å². The van der Waals surface area contributed by atoms with Crippen LogP contribution in [0.25, 0.3) is 0 Å². The summed E-state index contributed by atoms with van der Waals surface area (Å²) < 4.78 is 0. The van der Waals surface area contributed by atoms with Crippen molar-refractivity contribution in [3.05, 3.63) is 0 Å². The average molecular weight is 246 g/mol. The van der Waals surface area contributed by atoms with E-state index in [-0.39, 0.29) is 17.4 Å². The summed E-state index contributed by atoms with van der Waals surface area (Å²) in [7, 11) is 2.05. The minimum Gasteiger partial charge on any atom is -0.481 e. The molecule has 1 saturated heterocycles. The van der Waals surface area contributed by atoms with Gasteiger partial charge in [0, 0.05) is 25.7 Å². The number of amides is 1. The number of thioether (sulfide) groups is 1. The second-order valence-electron chi connectivity index (χ2n) is 4.06. The lowest BCUT2D eigenvalue weighted by atomic mass is 10.2. The third kappa shape index (κ3) is 4.02. The lowest BCUT2D eigenvalue weighted by Gasteiger charge is -2.37. The molecule has 0 aromatic rings. The number of likely N-dealkylation sites (N-methyl/N-ethyl adjacent to an activating group) is 1. The van der Waals surface area contributed by atoms with Gasteiger partial charge in [-0.25, -0.2) is 0 Å². The molecule has 0 aliphatic carbocycles. The Morgan fingerprint density at radius 2 is 2.06 bits per heavy atom. The summed E-state index contributed by atoms with van der Waals surface area (Å²) in [6.45, 7) is 4.45. The Morgan fingerprint density at radius 3 is 2.62 bits per heavy atom. The normalized spacial score (nSPS) is 22.1. The van der Waals surface area contributed by atoms with Crippen molar-refractivity contribution in [3.63, 3.8) is 0 Å². The number of aliphatic carboxylic acids is 1. The largest absolute Gasteiger partial charge is 0.481 e. The maximum Gasteiger partial charge on any atom is 0.313 e. The van der Waals surface area contributed by atoms with E-state index in [1.54, 1.807) is 0 Å². The first-order valence-electron chi connectivity index (χ1n) is 5.28. The van der Waals surface area contributed by atoms with E-state index in [9.17, 15) is 9.59 Å². The van der Waals surface area contributed by atoms with Crippen molar-refractivity contribution in [1.29, 1.82) is 0 Å². The lowest BCUT2D eigenvalue weighted by Crippen LogP contribution is -2.52. The van der Waals surface area contributed by atoms with Crippen LogP contribution in [0.2, 0.25) is 0 Å². The van der Waals surface area contributed by atoms with Crippen LogP contribution in [0, 0.1) is 0 Å². The molecule has 92 valence electrons. The van der Waals surface area contributed by atoms with Crippen LogP contribution in [0.5, 0.6) is 0 Å². The number of carbonyl (C=O) groups excluding carboxylic acids is 1. The van der Waals surface area contributed by atoms with Crippen LogP contribution in [0.3, 0.4) is 0 Å². The van der Waals surface area contributed by atoms with Gasteiger partial charge in [0.15, 0.2) is 0 Å². The topological polar surface area (TPSA) is 60.9 Å². The van der Waals surface area contributed by atoms with E-state index in [1.807, 2.05) is 11.9 Å². The first-order chi connectivity index (χ1) is 7.50. The Labute approximate surface area is 99.8 Å². The van der Waals surface area contributed by atoms with Crippen LogP contribution in [0.1, 0.15) is 6.92 Å². The van der Waals surface area contributed by atoms with E-state index >= 15 is 0 Å². The maximum absolute atomic E-state index is 11.7. The van der Waals surface area contributed by atoms with E-state index in [0.29, 0.717) is 6.04 Å². The monoisotopic (exact) mass is 246 g/mol. The first-order valence-corrected chi connectivity index (χ1v) is 6.43. The van der Waals surface area contributed by atoms with Crippen molar-refractivity contribution in [2.24, 2.45) is 0 Å². The molecule has 0 saturated carbocycles. The van der Waals surface area contributed by atoms with Gasteiger partial charge in [0.25, 0.3) is 0 Å². The van der Waals surface area contributed by atoms with Gasteiger partial charge < -0.3 is 14.9 Å². The van der Waals surface area contributed by atoms with Gasteiger partial charge in [0.2, 0.25) is 5.91 Å². The number of nitrogens with zero attached hydrogens (tertiary/aromatic N) is 2. The molecule has 1 rings (SSSR count). The molecule has 1 heterocycles. The minimum absolute atomic E-state index is 0.00492. The second kappa shape index (κ2) is 6.10. The van der Waals surface area contributed by atoms with Crippen LogP contribution >= 0.6 is 11.8 Å². The summed E-state index contributed by atoms with van der Waals surface area (Å²) in [6, 6.07) is 0.377. The molecule has 16 heavy (non-hydrogen) atoms. The Balaban J connectivity index is 2.29. The highest BCUT2D eigenvalue weighted by molar-refractivity contribution is 8.00. The zero-order valence-corrected chi connectivity index (χ0v) is 10.5. The predicted molar refractivity (Wildman–Crippen MR) is 63.6 cm³/mol. The van der Waals surface area contributed by atoms with Crippen molar-refractivity contribution in [2.75, 3.05) is 38.2 Å². The minimum atomic E-state index is -0.871. The van der Waals surface area contributed by atoms with Crippen LogP contribution in [0.15, 0.2) is 0 Å². The molecule has 1 aliphatic rings. The summed E-state index contributed by atoms with van der Waals surface area (Å²) >= 11 is 1.16. The molecule has 1 atom stereocenters. The molecule has 1 fully saturated rings. The van der Waals surface area contributed by atoms with Crippen LogP contribution in [-0.4, -0.2) is 71.0 Å². The summed E-state index contributed by atoms with van der Waals surface area (Å²) in [5.74, 6) is -0.562. The zero-order chi connectivity index (χ0) is 12.1. The molecule has 1 aliphatic heterocycles.